The Hall–Kier alpha value is -3.29. The second-order valence-corrected chi connectivity index (χ2v) is 10.2. The van der Waals surface area contributed by atoms with Crippen LogP contribution in [-0.2, 0) is 5.28 Å². The summed E-state index contributed by atoms with van der Waals surface area (Å²) in [5, 5.41) is 7.77. The lowest BCUT2D eigenvalue weighted by Gasteiger charge is -2.41. The Bertz CT molecular complexity index is 1190. The minimum atomic E-state index is -1.07. The molecule has 4 heteroatoms. The van der Waals surface area contributed by atoms with Crippen LogP contribution < -0.4 is 10.3 Å². The second kappa shape index (κ2) is 8.33. The van der Waals surface area contributed by atoms with Crippen molar-refractivity contribution in [2.45, 2.75) is 26.1 Å². The van der Waals surface area contributed by atoms with Gasteiger partial charge >= 0.3 is 0 Å². The van der Waals surface area contributed by atoms with Crippen molar-refractivity contribution in [3.05, 3.63) is 131 Å². The fourth-order valence-electron chi connectivity index (χ4n) is 4.82. The summed E-state index contributed by atoms with van der Waals surface area (Å²) < 4.78 is 0. The zero-order valence-corrected chi connectivity index (χ0v) is 19.5. The molecule has 0 saturated heterocycles. The van der Waals surface area contributed by atoms with E-state index in [2.05, 4.69) is 123 Å². The van der Waals surface area contributed by atoms with E-state index in [1.54, 1.807) is 0 Å². The van der Waals surface area contributed by atoms with Gasteiger partial charge in [-0.15, -0.1) is 4.88 Å². The molecule has 0 amide bonds. The van der Waals surface area contributed by atoms with Gasteiger partial charge in [-0.3, -0.25) is 0 Å². The van der Waals surface area contributed by atoms with Gasteiger partial charge in [0.05, 0.1) is 5.69 Å². The van der Waals surface area contributed by atoms with Crippen LogP contribution in [0, 0.1) is 20.8 Å². The van der Waals surface area contributed by atoms with Crippen molar-refractivity contribution < 1.29 is 0 Å². The molecule has 1 atom stereocenters. The van der Waals surface area contributed by atoms with Gasteiger partial charge in [0.25, 0.3) is 0 Å². The second-order valence-electron chi connectivity index (χ2n) is 8.29. The minimum Gasteiger partial charge on any atom is -0.225 e. The molecule has 5 rings (SSSR count). The SMILES string of the molecule is Cc1cc(C)c(P2N=NN(c3ccccc3)C2(c2ccccc2)c2ccccc2)c(C)c1. The number of rotatable bonds is 4. The summed E-state index contributed by atoms with van der Waals surface area (Å²) >= 11 is 0. The monoisotopic (exact) mass is 435 g/mol. The fourth-order valence-corrected chi connectivity index (χ4v) is 7.44. The molecule has 1 unspecified atom stereocenters. The molecule has 4 aromatic rings. The molecule has 0 N–H and O–H groups in total. The normalized spacial score (nSPS) is 17.0. The molecule has 0 aliphatic carbocycles. The Balaban J connectivity index is 1.86. The van der Waals surface area contributed by atoms with Crippen LogP contribution in [0.4, 0.5) is 5.69 Å². The molecular formula is C28H26N3P. The minimum absolute atomic E-state index is 0.538. The van der Waals surface area contributed by atoms with Crippen LogP contribution in [0.2, 0.25) is 0 Å². The molecule has 1 aliphatic heterocycles. The Labute approximate surface area is 191 Å². The molecule has 158 valence electrons. The third-order valence-corrected chi connectivity index (χ3v) is 8.74. The van der Waals surface area contributed by atoms with Crippen molar-refractivity contribution in [3.8, 4) is 0 Å². The van der Waals surface area contributed by atoms with Crippen LogP contribution in [0.1, 0.15) is 27.8 Å². The highest BCUT2D eigenvalue weighted by molar-refractivity contribution is 7.66. The van der Waals surface area contributed by atoms with E-state index in [0.29, 0.717) is 0 Å². The van der Waals surface area contributed by atoms with Gasteiger partial charge in [0.15, 0.2) is 5.28 Å². The predicted octanol–water partition coefficient (Wildman–Crippen LogP) is 7.42. The van der Waals surface area contributed by atoms with Crippen LogP contribution in [0.15, 0.2) is 113 Å². The molecule has 0 bridgehead atoms. The van der Waals surface area contributed by atoms with E-state index >= 15 is 0 Å². The van der Waals surface area contributed by atoms with Crippen LogP contribution in [0.5, 0.6) is 0 Å². The van der Waals surface area contributed by atoms with Crippen molar-refractivity contribution in [1.29, 1.82) is 0 Å². The summed E-state index contributed by atoms with van der Waals surface area (Å²) in [5.74, 6) is 0. The first-order valence-corrected chi connectivity index (χ1v) is 12.2. The van der Waals surface area contributed by atoms with Gasteiger partial charge in [-0.05, 0) is 55.2 Å². The summed E-state index contributed by atoms with van der Waals surface area (Å²) in [4.78, 5) is 5.04. The van der Waals surface area contributed by atoms with Gasteiger partial charge in [-0.2, -0.15) is 0 Å². The van der Waals surface area contributed by atoms with Gasteiger partial charge in [-0.1, -0.05) is 102 Å². The maximum Gasteiger partial charge on any atom is 0.160 e. The molecule has 0 fully saturated rings. The summed E-state index contributed by atoms with van der Waals surface area (Å²) in [5.41, 5.74) is 7.27. The van der Waals surface area contributed by atoms with Gasteiger partial charge in [0.2, 0.25) is 0 Å². The maximum atomic E-state index is 5.04. The van der Waals surface area contributed by atoms with E-state index in [1.807, 2.05) is 6.07 Å². The van der Waals surface area contributed by atoms with E-state index in [4.69, 9.17) is 10.1 Å². The maximum absolute atomic E-state index is 5.04. The molecule has 4 aromatic carbocycles. The summed E-state index contributed by atoms with van der Waals surface area (Å²) in [6.07, 6.45) is 0. The third kappa shape index (κ3) is 3.25. The Kier molecular flexibility index (Phi) is 5.36. The smallest absolute Gasteiger partial charge is 0.160 e. The standard InChI is InChI=1S/C28H26N3P/c1-21-19-22(2)27(23(3)20-21)32-28(24-13-7-4-8-14-24,25-15-9-5-10-16-25)31(29-30-32)26-17-11-6-12-18-26/h4-20H,1-3H3. The van der Waals surface area contributed by atoms with Crippen molar-refractivity contribution in [2.75, 3.05) is 5.01 Å². The number of aryl methyl sites for hydroxylation is 3. The summed E-state index contributed by atoms with van der Waals surface area (Å²) in [6, 6.07) is 36.4. The van der Waals surface area contributed by atoms with Gasteiger partial charge in [-0.25, -0.2) is 5.01 Å². The van der Waals surface area contributed by atoms with E-state index in [0.717, 1.165) is 5.69 Å². The number of anilines is 1. The van der Waals surface area contributed by atoms with Crippen molar-refractivity contribution >= 4 is 19.1 Å². The molecule has 32 heavy (non-hydrogen) atoms. The van der Waals surface area contributed by atoms with Gasteiger partial charge in [0, 0.05) is 5.30 Å². The Morgan fingerprint density at radius 3 is 1.62 bits per heavy atom. The molecule has 0 saturated carbocycles. The Morgan fingerprint density at radius 2 is 1.12 bits per heavy atom. The van der Waals surface area contributed by atoms with Gasteiger partial charge in [0.1, 0.15) is 8.07 Å². The number of para-hydroxylation sites is 1. The first-order chi connectivity index (χ1) is 15.6. The number of benzene rings is 4. The van der Waals surface area contributed by atoms with E-state index in [-0.39, 0.29) is 0 Å². The number of nitrogens with zero attached hydrogens (tertiary/aromatic N) is 3. The molecule has 3 nitrogen and oxygen atoms in total. The van der Waals surface area contributed by atoms with Gasteiger partial charge < -0.3 is 0 Å². The molecule has 1 heterocycles. The third-order valence-electron chi connectivity index (χ3n) is 6.03. The lowest BCUT2D eigenvalue weighted by molar-refractivity contribution is 0.679. The highest BCUT2D eigenvalue weighted by atomic mass is 31.1. The molecule has 0 radical (unpaired) electrons. The quantitative estimate of drug-likeness (QED) is 0.307. The Morgan fingerprint density at radius 1 is 0.656 bits per heavy atom. The average Bonchev–Trinajstić information content (AvgIpc) is 3.21. The van der Waals surface area contributed by atoms with Crippen molar-refractivity contribution in [1.82, 2.24) is 0 Å². The molecule has 1 aliphatic rings. The van der Waals surface area contributed by atoms with Crippen molar-refractivity contribution in [2.24, 2.45) is 10.1 Å². The van der Waals surface area contributed by atoms with E-state index in [9.17, 15) is 0 Å². The summed E-state index contributed by atoms with van der Waals surface area (Å²) in [7, 11) is -1.07. The van der Waals surface area contributed by atoms with E-state index < -0.39 is 13.4 Å². The van der Waals surface area contributed by atoms with Crippen LogP contribution in [0.3, 0.4) is 0 Å². The lowest BCUT2D eigenvalue weighted by Crippen LogP contribution is -2.42. The summed E-state index contributed by atoms with van der Waals surface area (Å²) in [6.45, 7) is 6.57. The fraction of sp³-hybridized carbons (Fsp3) is 0.143. The van der Waals surface area contributed by atoms with E-state index in [1.165, 1.54) is 33.1 Å². The molecular weight excluding hydrogens is 409 g/mol. The van der Waals surface area contributed by atoms with Crippen molar-refractivity contribution in [3.63, 3.8) is 0 Å². The van der Waals surface area contributed by atoms with Crippen LogP contribution in [-0.4, -0.2) is 0 Å². The zero-order valence-electron chi connectivity index (χ0n) is 18.6. The zero-order chi connectivity index (χ0) is 22.1. The number of hydrogen-bond donors (Lipinski definition) is 0. The number of hydrogen-bond acceptors (Lipinski definition) is 3. The largest absolute Gasteiger partial charge is 0.225 e. The first kappa shape index (κ1) is 20.6. The lowest BCUT2D eigenvalue weighted by atomic mass is 9.96. The average molecular weight is 436 g/mol. The molecule has 0 spiro atoms. The van der Waals surface area contributed by atoms with Crippen LogP contribution in [0.25, 0.3) is 0 Å². The van der Waals surface area contributed by atoms with Crippen LogP contribution >= 0.6 is 8.07 Å². The highest BCUT2D eigenvalue weighted by Gasteiger charge is 2.54. The predicted molar refractivity (Wildman–Crippen MR) is 135 cm³/mol. The molecule has 0 aromatic heterocycles. The topological polar surface area (TPSA) is 28.0 Å². The first-order valence-electron chi connectivity index (χ1n) is 10.9. The highest BCUT2D eigenvalue weighted by Crippen LogP contribution is 2.67.